The van der Waals surface area contributed by atoms with E-state index in [1.54, 1.807) is 0 Å². The molecular weight excluding hydrogens is 529 g/mol. The third-order valence-corrected chi connectivity index (χ3v) is 9.67. The van der Waals surface area contributed by atoms with Gasteiger partial charge in [0.15, 0.2) is 17.5 Å². The molecule has 3 aromatic heterocycles. The van der Waals surface area contributed by atoms with Crippen LogP contribution < -0.4 is 21.8 Å². The lowest BCUT2D eigenvalue weighted by molar-refractivity contribution is 0.593. The van der Waals surface area contributed by atoms with Crippen molar-refractivity contribution in [2.45, 2.75) is 0 Å². The van der Waals surface area contributed by atoms with Crippen molar-refractivity contribution in [3.8, 4) is 0 Å². The first-order valence-electron chi connectivity index (χ1n) is 13.3. The van der Waals surface area contributed by atoms with Gasteiger partial charge in [0.25, 0.3) is 8.45 Å². The Labute approximate surface area is 232 Å². The Morgan fingerprint density at radius 2 is 1.10 bits per heavy atom. The molecule has 1 unspecified atom stereocenters. The van der Waals surface area contributed by atoms with Gasteiger partial charge in [-0.1, -0.05) is 97.1 Å². The second kappa shape index (κ2) is 7.52. The van der Waals surface area contributed by atoms with Crippen molar-refractivity contribution in [3.05, 3.63) is 130 Å². The molecule has 7 aromatic rings. The largest absolute Gasteiger partial charge is 0.338 e. The molecule has 4 aromatic carbocycles. The Morgan fingerprint density at radius 1 is 0.537 bits per heavy atom. The number of benzene rings is 4. The highest BCUT2D eigenvalue weighted by Crippen LogP contribution is 2.50. The van der Waals surface area contributed by atoms with Crippen molar-refractivity contribution in [1.29, 1.82) is 0 Å². The molecule has 41 heavy (non-hydrogen) atoms. The van der Waals surface area contributed by atoms with Crippen molar-refractivity contribution in [3.63, 3.8) is 0 Å². The van der Waals surface area contributed by atoms with Gasteiger partial charge in [0, 0.05) is 43.4 Å². The fraction of sp³-hybridized carbons (Fsp3) is 0. The molecule has 0 aliphatic carbocycles. The van der Waals surface area contributed by atoms with Gasteiger partial charge < -0.3 is 9.88 Å². The number of hydrogen-bond donors (Lipinski definition) is 2. The molecule has 0 saturated heterocycles. The van der Waals surface area contributed by atoms with Crippen LogP contribution in [0.1, 0.15) is 11.1 Å². The first-order chi connectivity index (χ1) is 20.3. The van der Waals surface area contributed by atoms with Crippen molar-refractivity contribution in [2.24, 2.45) is 20.0 Å². The van der Waals surface area contributed by atoms with Gasteiger partial charge in [0.05, 0.1) is 11.0 Å². The molecule has 0 spiro atoms. The van der Waals surface area contributed by atoms with E-state index in [-0.39, 0.29) is 0 Å². The SMILES string of the molecule is OP1n2c3c4ccccc4c2N=c2c4ccccc4c(n21)=C1N=C(N=c2[nH]c(c4ccccc24)=N3)c2ccccc21. The molecule has 6 bridgehead atoms. The Hall–Kier alpha value is -5.17. The molecule has 10 rings (SSSR count). The Morgan fingerprint density at radius 3 is 1.83 bits per heavy atom. The third-order valence-electron chi connectivity index (χ3n) is 8.19. The monoisotopic (exact) mass is 547 g/mol. The number of nitrogens with one attached hydrogen (secondary N) is 1. The highest BCUT2D eigenvalue weighted by molar-refractivity contribution is 7.48. The molecule has 0 amide bonds. The second-order valence-electron chi connectivity index (χ2n) is 10.3. The molecular formula is C32H18N7OP. The fourth-order valence-corrected chi connectivity index (χ4v) is 7.94. The van der Waals surface area contributed by atoms with E-state index < -0.39 is 8.45 Å². The molecule has 9 heteroatoms. The smallest absolute Gasteiger partial charge is 0.259 e. The van der Waals surface area contributed by atoms with Crippen LogP contribution in [0.4, 0.5) is 11.6 Å². The van der Waals surface area contributed by atoms with E-state index in [1.807, 2.05) is 81.5 Å². The summed E-state index contributed by atoms with van der Waals surface area (Å²) in [6.45, 7) is 0. The number of aromatic nitrogens is 3. The molecule has 1 atom stereocenters. The lowest BCUT2D eigenvalue weighted by atomic mass is 10.1. The maximum absolute atomic E-state index is 12.4. The van der Waals surface area contributed by atoms with E-state index in [4.69, 9.17) is 20.0 Å². The molecule has 2 N–H and O–H groups in total. The van der Waals surface area contributed by atoms with Crippen LogP contribution in [0, 0.1) is 0 Å². The summed E-state index contributed by atoms with van der Waals surface area (Å²) in [5.41, 5.74) is 4.78. The molecule has 6 heterocycles. The van der Waals surface area contributed by atoms with E-state index in [9.17, 15) is 4.89 Å². The zero-order valence-electron chi connectivity index (χ0n) is 21.3. The number of aliphatic imine (C=N–C) groups is 1. The van der Waals surface area contributed by atoms with Gasteiger partial charge in [-0.3, -0.25) is 4.34 Å². The summed E-state index contributed by atoms with van der Waals surface area (Å²) in [6.07, 6.45) is 0. The molecule has 0 saturated carbocycles. The summed E-state index contributed by atoms with van der Waals surface area (Å²) in [6, 6.07) is 32.5. The predicted octanol–water partition coefficient (Wildman–Crippen LogP) is 4.46. The number of hydrogen-bond acceptors (Lipinski definition) is 5. The second-order valence-corrected chi connectivity index (χ2v) is 11.7. The quantitative estimate of drug-likeness (QED) is 0.270. The Kier molecular flexibility index (Phi) is 3.96. The van der Waals surface area contributed by atoms with Crippen molar-refractivity contribution in [2.75, 3.05) is 0 Å². The number of fused-ring (bicyclic) bond motifs is 15. The number of amidine groups is 1. The number of H-pyrrole nitrogens is 1. The predicted molar refractivity (Wildman–Crippen MR) is 160 cm³/mol. The van der Waals surface area contributed by atoms with E-state index >= 15 is 0 Å². The van der Waals surface area contributed by atoms with Crippen LogP contribution in [0.15, 0.2) is 117 Å². The zero-order chi connectivity index (χ0) is 26.8. The standard InChI is InChI=1S/C32H18N7OP/c40-41-38-26-18-10-2-6-14-22(18)31(38)37-32-24-16-8-7-15-23(24)30(39(32)41)36-29-21-13-5-4-12-20(21)28(35-29)34-27-19-11-3-1-9-17(19)25(26)33-27/h1-16,40H,(H,33,34,35,36). The minimum Gasteiger partial charge on any atom is -0.338 e. The lowest BCUT2D eigenvalue weighted by Crippen LogP contribution is -2.29. The highest BCUT2D eigenvalue weighted by atomic mass is 31.2. The minimum absolute atomic E-state index is 0.619. The molecule has 0 fully saturated rings. The highest BCUT2D eigenvalue weighted by Gasteiger charge is 2.32. The van der Waals surface area contributed by atoms with Crippen LogP contribution in [-0.4, -0.2) is 24.4 Å². The summed E-state index contributed by atoms with van der Waals surface area (Å²) in [5.74, 6) is 1.97. The van der Waals surface area contributed by atoms with Gasteiger partial charge in [-0.15, -0.1) is 0 Å². The van der Waals surface area contributed by atoms with Crippen LogP contribution in [0.25, 0.3) is 38.0 Å². The normalized spacial score (nSPS) is 16.4. The van der Waals surface area contributed by atoms with E-state index in [0.29, 0.717) is 28.4 Å². The Bertz CT molecular complexity index is 2620. The molecule has 0 radical (unpaired) electrons. The summed E-state index contributed by atoms with van der Waals surface area (Å²) < 4.78 is 3.85. The summed E-state index contributed by atoms with van der Waals surface area (Å²) in [7, 11) is -1.97. The maximum atomic E-state index is 12.4. The van der Waals surface area contributed by atoms with Crippen molar-refractivity contribution >= 4 is 63.9 Å². The van der Waals surface area contributed by atoms with E-state index in [0.717, 1.165) is 60.0 Å². The lowest BCUT2D eigenvalue weighted by Gasteiger charge is -2.21. The average Bonchev–Trinajstić information content (AvgIpc) is 3.73. The van der Waals surface area contributed by atoms with Gasteiger partial charge in [-0.2, -0.15) is 0 Å². The van der Waals surface area contributed by atoms with Crippen LogP contribution in [0.2, 0.25) is 0 Å². The molecule has 3 aliphatic rings. The van der Waals surface area contributed by atoms with Crippen LogP contribution >= 0.6 is 8.45 Å². The molecule has 8 nitrogen and oxygen atoms in total. The molecule has 192 valence electrons. The van der Waals surface area contributed by atoms with Gasteiger partial charge in [-0.05, 0) is 0 Å². The van der Waals surface area contributed by atoms with E-state index in [2.05, 4.69) is 29.2 Å². The minimum atomic E-state index is -1.97. The first-order valence-corrected chi connectivity index (χ1v) is 14.5. The number of nitrogens with zero attached hydrogens (tertiary/aromatic N) is 6. The summed E-state index contributed by atoms with van der Waals surface area (Å²) >= 11 is 0. The van der Waals surface area contributed by atoms with Crippen molar-refractivity contribution in [1.82, 2.24) is 13.7 Å². The van der Waals surface area contributed by atoms with E-state index in [1.165, 1.54) is 0 Å². The maximum Gasteiger partial charge on any atom is 0.259 e. The van der Waals surface area contributed by atoms with Crippen molar-refractivity contribution < 1.29 is 4.89 Å². The van der Waals surface area contributed by atoms with Crippen LogP contribution in [0.3, 0.4) is 0 Å². The first kappa shape index (κ1) is 21.6. The van der Waals surface area contributed by atoms with Gasteiger partial charge in [-0.25, -0.2) is 24.3 Å². The van der Waals surface area contributed by atoms with Gasteiger partial charge in [0.1, 0.15) is 16.5 Å². The topological polar surface area (TPSA) is 95.3 Å². The Balaban J connectivity index is 1.54. The van der Waals surface area contributed by atoms with Crippen LogP contribution in [0.5, 0.6) is 0 Å². The summed E-state index contributed by atoms with van der Waals surface area (Å²) in [5, 5.41) is 6.55. The zero-order valence-corrected chi connectivity index (χ0v) is 22.2. The van der Waals surface area contributed by atoms with Crippen LogP contribution in [-0.2, 0) is 0 Å². The average molecular weight is 548 g/mol. The number of rotatable bonds is 0. The van der Waals surface area contributed by atoms with Gasteiger partial charge >= 0.3 is 0 Å². The third kappa shape index (κ3) is 2.66. The summed E-state index contributed by atoms with van der Waals surface area (Å²) in [4.78, 5) is 36.5. The van der Waals surface area contributed by atoms with Gasteiger partial charge in [0.2, 0.25) is 0 Å². The fourth-order valence-electron chi connectivity index (χ4n) is 6.41. The number of aromatic amines is 1. The molecule has 3 aliphatic heterocycles.